The maximum Gasteiger partial charge on any atom is 0.317 e. The lowest BCUT2D eigenvalue weighted by Crippen LogP contribution is -2.61. The van der Waals surface area contributed by atoms with Gasteiger partial charge in [-0.1, -0.05) is 0 Å². The van der Waals surface area contributed by atoms with E-state index in [4.69, 9.17) is 26.2 Å². The van der Waals surface area contributed by atoms with Gasteiger partial charge in [0.2, 0.25) is 0 Å². The lowest BCUT2D eigenvalue weighted by Gasteiger charge is -2.36. The van der Waals surface area contributed by atoms with Gasteiger partial charge in [-0.05, 0) is 0 Å². The fourth-order valence-corrected chi connectivity index (χ4v) is 1.76. The molecule has 0 heterocycles. The Balaban J connectivity index is -0.00000180. The number of nitrogens with one attached hydrogen (secondary N) is 1. The first-order chi connectivity index (χ1) is 9.09. The number of aliphatic carboxylic acids is 4. The Kier molecular flexibility index (Phi) is 11.7. The molecule has 0 fully saturated rings. The molecular formula is C10H20N2O10. The first-order valence-electron chi connectivity index (χ1n) is 5.47. The SMILES string of the molecule is NC(CC(=O)O)C(CC(=O)O)(CC(=O)O)NCC(=O)O.O.O. The van der Waals surface area contributed by atoms with Gasteiger partial charge in [0, 0.05) is 6.04 Å². The van der Waals surface area contributed by atoms with Crippen LogP contribution in [0.4, 0.5) is 0 Å². The molecular weight excluding hydrogens is 308 g/mol. The van der Waals surface area contributed by atoms with Gasteiger partial charge >= 0.3 is 23.9 Å². The molecule has 0 bridgehead atoms. The smallest absolute Gasteiger partial charge is 0.317 e. The molecule has 0 aliphatic rings. The molecule has 0 rings (SSSR count). The van der Waals surface area contributed by atoms with E-state index in [0.29, 0.717) is 0 Å². The molecule has 11 N–H and O–H groups in total. The summed E-state index contributed by atoms with van der Waals surface area (Å²) in [5.74, 6) is -5.56. The monoisotopic (exact) mass is 328 g/mol. The third-order valence-electron chi connectivity index (χ3n) is 2.63. The van der Waals surface area contributed by atoms with Crippen LogP contribution >= 0.6 is 0 Å². The molecule has 0 aromatic heterocycles. The zero-order valence-electron chi connectivity index (χ0n) is 11.4. The number of nitrogens with two attached hydrogens (primary N) is 1. The average Bonchev–Trinajstić information content (AvgIpc) is 2.23. The van der Waals surface area contributed by atoms with Crippen molar-refractivity contribution in [3.63, 3.8) is 0 Å². The van der Waals surface area contributed by atoms with Crippen molar-refractivity contribution in [2.45, 2.75) is 30.8 Å². The second-order valence-corrected chi connectivity index (χ2v) is 4.25. The number of hydrogen-bond donors (Lipinski definition) is 6. The Bertz CT molecular complexity index is 395. The van der Waals surface area contributed by atoms with E-state index in [1.165, 1.54) is 0 Å². The van der Waals surface area contributed by atoms with E-state index in [9.17, 15) is 19.2 Å². The van der Waals surface area contributed by atoms with Gasteiger partial charge in [-0.2, -0.15) is 0 Å². The van der Waals surface area contributed by atoms with E-state index in [0.717, 1.165) is 0 Å². The summed E-state index contributed by atoms with van der Waals surface area (Å²) >= 11 is 0. The van der Waals surface area contributed by atoms with Gasteiger partial charge in [0.05, 0.1) is 31.3 Å². The van der Waals surface area contributed by atoms with Crippen molar-refractivity contribution in [1.29, 1.82) is 0 Å². The third kappa shape index (κ3) is 8.80. The molecule has 12 nitrogen and oxygen atoms in total. The minimum absolute atomic E-state index is 0. The standard InChI is InChI=1S/C10H16N2O8.2H2O/c11-5(1-6(13)14)10(2-7(15)16,3-8(17)18)12-4-9(19)20;;/h5,12H,1-4,11H2,(H,13,14)(H,15,16)(H,17,18)(H,19,20);2*1H2. The van der Waals surface area contributed by atoms with Crippen LogP contribution in [0.2, 0.25) is 0 Å². The molecule has 0 aromatic carbocycles. The van der Waals surface area contributed by atoms with Gasteiger partial charge in [0.25, 0.3) is 0 Å². The predicted octanol–water partition coefficient (Wildman–Crippen LogP) is -3.50. The quantitative estimate of drug-likeness (QED) is 0.230. The highest BCUT2D eigenvalue weighted by Gasteiger charge is 2.42. The molecule has 0 aliphatic carbocycles. The zero-order valence-corrected chi connectivity index (χ0v) is 11.4. The van der Waals surface area contributed by atoms with Crippen LogP contribution in [0.25, 0.3) is 0 Å². The second-order valence-electron chi connectivity index (χ2n) is 4.25. The Morgan fingerprint density at radius 2 is 1.27 bits per heavy atom. The van der Waals surface area contributed by atoms with Crippen molar-refractivity contribution in [3.05, 3.63) is 0 Å². The van der Waals surface area contributed by atoms with E-state index < -0.39 is 61.3 Å². The summed E-state index contributed by atoms with van der Waals surface area (Å²) in [6.45, 7) is -0.742. The summed E-state index contributed by atoms with van der Waals surface area (Å²) in [6.07, 6.45) is -2.34. The molecule has 0 radical (unpaired) electrons. The summed E-state index contributed by atoms with van der Waals surface area (Å²) in [5, 5.41) is 37.2. The molecule has 0 amide bonds. The van der Waals surface area contributed by atoms with Crippen molar-refractivity contribution < 1.29 is 50.6 Å². The van der Waals surface area contributed by atoms with Crippen molar-refractivity contribution in [2.24, 2.45) is 5.73 Å². The molecule has 0 aliphatic heterocycles. The van der Waals surface area contributed by atoms with Crippen LogP contribution in [0.3, 0.4) is 0 Å². The highest BCUT2D eigenvalue weighted by atomic mass is 16.4. The molecule has 130 valence electrons. The van der Waals surface area contributed by atoms with Gasteiger partial charge in [0.1, 0.15) is 0 Å². The molecule has 1 atom stereocenters. The van der Waals surface area contributed by atoms with Crippen LogP contribution < -0.4 is 11.1 Å². The molecule has 22 heavy (non-hydrogen) atoms. The van der Waals surface area contributed by atoms with Gasteiger partial charge in [-0.25, -0.2) is 0 Å². The summed E-state index contributed by atoms with van der Waals surface area (Å²) in [5.41, 5.74) is 3.71. The van der Waals surface area contributed by atoms with E-state index >= 15 is 0 Å². The van der Waals surface area contributed by atoms with Crippen molar-refractivity contribution in [2.75, 3.05) is 6.54 Å². The number of rotatable bonds is 10. The highest BCUT2D eigenvalue weighted by Crippen LogP contribution is 2.22. The normalized spacial score (nSPS) is 11.5. The van der Waals surface area contributed by atoms with E-state index in [1.54, 1.807) is 0 Å². The van der Waals surface area contributed by atoms with Gasteiger partial charge in [-0.15, -0.1) is 0 Å². The fraction of sp³-hybridized carbons (Fsp3) is 0.600. The van der Waals surface area contributed by atoms with Crippen molar-refractivity contribution >= 4 is 23.9 Å². The van der Waals surface area contributed by atoms with E-state index in [2.05, 4.69) is 5.32 Å². The maximum absolute atomic E-state index is 10.8. The largest absolute Gasteiger partial charge is 0.481 e. The first-order valence-corrected chi connectivity index (χ1v) is 5.47. The minimum atomic E-state index is -1.87. The fourth-order valence-electron chi connectivity index (χ4n) is 1.76. The summed E-state index contributed by atoms with van der Waals surface area (Å²) < 4.78 is 0. The van der Waals surface area contributed by atoms with Crippen LogP contribution in [0, 0.1) is 0 Å². The highest BCUT2D eigenvalue weighted by molar-refractivity contribution is 5.75. The summed E-state index contributed by atoms with van der Waals surface area (Å²) in [4.78, 5) is 42.9. The van der Waals surface area contributed by atoms with E-state index in [-0.39, 0.29) is 11.0 Å². The van der Waals surface area contributed by atoms with Gasteiger partial charge < -0.3 is 37.1 Å². The Labute approximate surface area is 124 Å². The average molecular weight is 328 g/mol. The summed E-state index contributed by atoms with van der Waals surface area (Å²) in [6, 6.07) is -1.38. The van der Waals surface area contributed by atoms with Crippen LogP contribution in [0.5, 0.6) is 0 Å². The van der Waals surface area contributed by atoms with Crippen LogP contribution in [0.15, 0.2) is 0 Å². The number of carboxylic acids is 4. The van der Waals surface area contributed by atoms with Crippen LogP contribution in [-0.2, 0) is 19.2 Å². The lowest BCUT2D eigenvalue weighted by molar-refractivity contribution is -0.146. The Morgan fingerprint density at radius 3 is 1.55 bits per heavy atom. The maximum atomic E-state index is 10.8. The van der Waals surface area contributed by atoms with Gasteiger partial charge in [-0.3, -0.25) is 24.5 Å². The molecule has 0 saturated heterocycles. The topological polar surface area (TPSA) is 250 Å². The molecule has 12 heteroatoms. The van der Waals surface area contributed by atoms with Crippen molar-refractivity contribution in [1.82, 2.24) is 5.32 Å². The number of carbonyl (C=O) groups is 4. The lowest BCUT2D eigenvalue weighted by atomic mass is 9.82. The van der Waals surface area contributed by atoms with Gasteiger partial charge in [0.15, 0.2) is 0 Å². The Morgan fingerprint density at radius 1 is 0.864 bits per heavy atom. The first kappa shape index (κ1) is 24.7. The van der Waals surface area contributed by atoms with Crippen LogP contribution in [0.1, 0.15) is 19.3 Å². The van der Waals surface area contributed by atoms with Crippen LogP contribution in [-0.4, -0.2) is 73.4 Å². The molecule has 1 unspecified atom stereocenters. The number of carboxylic acid groups (broad SMARTS) is 4. The predicted molar refractivity (Wildman–Crippen MR) is 70.3 cm³/mol. The second kappa shape index (κ2) is 10.4. The van der Waals surface area contributed by atoms with Crippen molar-refractivity contribution in [3.8, 4) is 0 Å². The molecule has 0 spiro atoms. The molecule has 0 aromatic rings. The Hall–Kier alpha value is -2.28. The minimum Gasteiger partial charge on any atom is -0.481 e. The number of hydrogen-bond acceptors (Lipinski definition) is 6. The zero-order chi connectivity index (χ0) is 15.9. The summed E-state index contributed by atoms with van der Waals surface area (Å²) in [7, 11) is 0. The van der Waals surface area contributed by atoms with E-state index in [1.807, 2.05) is 0 Å². The third-order valence-corrected chi connectivity index (χ3v) is 2.63. The molecule has 0 saturated carbocycles.